The summed E-state index contributed by atoms with van der Waals surface area (Å²) in [6.45, 7) is 1.36. The third kappa shape index (κ3) is 6.45. The molecule has 0 bridgehead atoms. The molecule has 27 heavy (non-hydrogen) atoms. The molecule has 0 saturated carbocycles. The Morgan fingerprint density at radius 2 is 1.81 bits per heavy atom. The summed E-state index contributed by atoms with van der Waals surface area (Å²) < 4.78 is 19.5. The first-order valence-electron chi connectivity index (χ1n) is 8.00. The summed E-state index contributed by atoms with van der Waals surface area (Å²) in [7, 11) is 0. The molecule has 0 saturated heterocycles. The fourth-order valence-corrected chi connectivity index (χ4v) is 2.55. The Hall–Kier alpha value is -2.25. The van der Waals surface area contributed by atoms with E-state index >= 15 is 0 Å². The molecule has 142 valence electrons. The quantitative estimate of drug-likeness (QED) is 0.481. The second kappa shape index (κ2) is 9.62. The Morgan fingerprint density at radius 3 is 2.44 bits per heavy atom. The molecular weight excluding hydrogens is 441 g/mol. The van der Waals surface area contributed by atoms with E-state index in [1.54, 1.807) is 24.3 Å². The number of benzene rings is 2. The van der Waals surface area contributed by atoms with Crippen LogP contribution in [-0.2, 0) is 14.3 Å². The summed E-state index contributed by atoms with van der Waals surface area (Å²) >= 11 is 8.92. The van der Waals surface area contributed by atoms with Crippen molar-refractivity contribution < 1.29 is 23.5 Å². The van der Waals surface area contributed by atoms with E-state index in [1.165, 1.54) is 19.1 Å². The average Bonchev–Trinajstić information content (AvgIpc) is 2.62. The molecule has 0 aliphatic carbocycles. The first kappa shape index (κ1) is 21.1. The van der Waals surface area contributed by atoms with Crippen molar-refractivity contribution in [3.05, 3.63) is 63.3 Å². The Balaban J connectivity index is 1.82. The van der Waals surface area contributed by atoms with Crippen molar-refractivity contribution in [3.8, 4) is 0 Å². The van der Waals surface area contributed by atoms with Gasteiger partial charge in [0.25, 0.3) is 5.91 Å². The number of carbonyl (C=O) groups excluding carboxylic acids is 3. The maximum atomic E-state index is 13.7. The number of carbonyl (C=O) groups is 3. The maximum Gasteiger partial charge on any atom is 0.307 e. The molecule has 0 heterocycles. The Bertz CT molecular complexity index is 857. The number of halogens is 3. The molecule has 2 aromatic carbocycles. The van der Waals surface area contributed by atoms with Crippen molar-refractivity contribution in [1.29, 1.82) is 0 Å². The van der Waals surface area contributed by atoms with Crippen molar-refractivity contribution in [2.24, 2.45) is 0 Å². The maximum absolute atomic E-state index is 13.7. The molecule has 1 amide bonds. The minimum Gasteiger partial charge on any atom is -0.453 e. The molecular formula is C19H16BrClFNO4. The fraction of sp³-hybridized carbons (Fsp3) is 0.211. The smallest absolute Gasteiger partial charge is 0.307 e. The van der Waals surface area contributed by atoms with Crippen LogP contribution in [0.5, 0.6) is 0 Å². The van der Waals surface area contributed by atoms with Crippen LogP contribution < -0.4 is 5.32 Å². The third-order valence-electron chi connectivity index (χ3n) is 3.59. The fourth-order valence-electron chi connectivity index (χ4n) is 2.13. The van der Waals surface area contributed by atoms with Crippen LogP contribution in [0.2, 0.25) is 5.02 Å². The van der Waals surface area contributed by atoms with Gasteiger partial charge in [-0.25, -0.2) is 4.39 Å². The van der Waals surface area contributed by atoms with Crippen molar-refractivity contribution in [3.63, 3.8) is 0 Å². The number of esters is 1. The highest BCUT2D eigenvalue weighted by atomic mass is 79.9. The minimum absolute atomic E-state index is 0.0411. The Labute approximate surface area is 169 Å². The molecule has 0 radical (unpaired) electrons. The topological polar surface area (TPSA) is 72.5 Å². The number of anilines is 1. The molecule has 0 aliphatic heterocycles. The molecule has 0 aromatic heterocycles. The number of ether oxygens (including phenoxy) is 1. The van der Waals surface area contributed by atoms with Crippen molar-refractivity contribution in [2.45, 2.75) is 25.9 Å². The molecule has 2 rings (SSSR count). The van der Waals surface area contributed by atoms with E-state index in [4.69, 9.17) is 16.3 Å². The van der Waals surface area contributed by atoms with Crippen LogP contribution in [-0.4, -0.2) is 23.8 Å². The Morgan fingerprint density at radius 1 is 1.15 bits per heavy atom. The number of Topliss-reactive ketones (excluding diaryl/α,β-unsaturated/α-hetero) is 1. The number of hydrogen-bond donors (Lipinski definition) is 1. The largest absolute Gasteiger partial charge is 0.453 e. The van der Waals surface area contributed by atoms with Crippen LogP contribution in [0.25, 0.3) is 0 Å². The van der Waals surface area contributed by atoms with E-state index in [0.717, 1.165) is 10.5 Å². The predicted molar refractivity (Wildman–Crippen MR) is 103 cm³/mol. The normalized spacial score (nSPS) is 11.6. The lowest BCUT2D eigenvalue weighted by atomic mass is 10.1. The number of rotatable bonds is 7. The highest BCUT2D eigenvalue weighted by Gasteiger charge is 2.20. The molecule has 0 fully saturated rings. The SMILES string of the molecule is CC(OC(=O)CCC(=O)c1ccc(Br)cc1)C(=O)Nc1ccc(Cl)cc1F. The van der Waals surface area contributed by atoms with Crippen LogP contribution in [0.3, 0.4) is 0 Å². The summed E-state index contributed by atoms with van der Waals surface area (Å²) in [5, 5.41) is 2.51. The zero-order valence-electron chi connectivity index (χ0n) is 14.3. The molecule has 1 unspecified atom stereocenters. The summed E-state index contributed by atoms with van der Waals surface area (Å²) in [5.41, 5.74) is 0.410. The average molecular weight is 457 g/mol. The van der Waals surface area contributed by atoms with Gasteiger partial charge >= 0.3 is 5.97 Å². The molecule has 5 nitrogen and oxygen atoms in total. The summed E-state index contributed by atoms with van der Waals surface area (Å²) in [5.74, 6) is -2.29. The van der Waals surface area contributed by atoms with Gasteiger partial charge in [-0.15, -0.1) is 0 Å². The molecule has 8 heteroatoms. The van der Waals surface area contributed by atoms with E-state index in [1.807, 2.05) is 0 Å². The Kier molecular flexibility index (Phi) is 7.50. The van der Waals surface area contributed by atoms with Gasteiger partial charge < -0.3 is 10.1 Å². The predicted octanol–water partition coefficient (Wildman–Crippen LogP) is 4.77. The zero-order valence-corrected chi connectivity index (χ0v) is 16.6. The molecule has 0 aliphatic rings. The summed E-state index contributed by atoms with van der Waals surface area (Å²) in [6, 6.07) is 10.5. The molecule has 2 aromatic rings. The lowest BCUT2D eigenvalue weighted by Crippen LogP contribution is -2.30. The van der Waals surface area contributed by atoms with Crippen molar-refractivity contribution in [2.75, 3.05) is 5.32 Å². The van der Waals surface area contributed by atoms with E-state index in [0.29, 0.717) is 5.56 Å². The van der Waals surface area contributed by atoms with Gasteiger partial charge in [0.05, 0.1) is 12.1 Å². The number of ketones is 1. The van der Waals surface area contributed by atoms with Crippen molar-refractivity contribution in [1.82, 2.24) is 0 Å². The number of nitrogens with one attached hydrogen (secondary N) is 1. The number of hydrogen-bond acceptors (Lipinski definition) is 4. The minimum atomic E-state index is -1.14. The monoisotopic (exact) mass is 455 g/mol. The second-order valence-electron chi connectivity index (χ2n) is 5.68. The van der Waals surface area contributed by atoms with E-state index < -0.39 is 23.8 Å². The van der Waals surface area contributed by atoms with Crippen LogP contribution in [0.1, 0.15) is 30.1 Å². The number of amides is 1. The van der Waals surface area contributed by atoms with Gasteiger partial charge in [-0.3, -0.25) is 14.4 Å². The highest BCUT2D eigenvalue weighted by Crippen LogP contribution is 2.19. The van der Waals surface area contributed by atoms with Crippen LogP contribution in [0.4, 0.5) is 10.1 Å². The molecule has 1 N–H and O–H groups in total. The highest BCUT2D eigenvalue weighted by molar-refractivity contribution is 9.10. The first-order valence-corrected chi connectivity index (χ1v) is 9.17. The summed E-state index contributed by atoms with van der Waals surface area (Å²) in [6.07, 6.45) is -1.35. The van der Waals surface area contributed by atoms with Gasteiger partial charge in [-0.1, -0.05) is 39.7 Å². The van der Waals surface area contributed by atoms with Crippen LogP contribution in [0.15, 0.2) is 46.9 Å². The van der Waals surface area contributed by atoms with Crippen LogP contribution >= 0.6 is 27.5 Å². The van der Waals surface area contributed by atoms with E-state index in [-0.39, 0.29) is 29.3 Å². The summed E-state index contributed by atoms with van der Waals surface area (Å²) in [4.78, 5) is 35.9. The third-order valence-corrected chi connectivity index (χ3v) is 4.35. The standard InChI is InChI=1S/C19H16BrClFNO4/c1-11(19(26)23-16-7-6-14(21)10-15(16)22)27-18(25)9-8-17(24)12-2-4-13(20)5-3-12/h2-7,10-11H,8-9H2,1H3,(H,23,26). The molecule has 0 spiro atoms. The van der Waals surface area contributed by atoms with E-state index in [2.05, 4.69) is 21.2 Å². The first-order chi connectivity index (χ1) is 12.8. The van der Waals surface area contributed by atoms with Gasteiger partial charge in [-0.05, 0) is 37.3 Å². The second-order valence-corrected chi connectivity index (χ2v) is 7.03. The van der Waals surface area contributed by atoms with Gasteiger partial charge in [-0.2, -0.15) is 0 Å². The lowest BCUT2D eigenvalue weighted by Gasteiger charge is -2.14. The lowest BCUT2D eigenvalue weighted by molar-refractivity contribution is -0.153. The molecule has 1 atom stereocenters. The van der Waals surface area contributed by atoms with Gasteiger partial charge in [0.1, 0.15) is 5.82 Å². The van der Waals surface area contributed by atoms with Crippen LogP contribution in [0, 0.1) is 5.82 Å². The van der Waals surface area contributed by atoms with Crippen molar-refractivity contribution >= 4 is 50.9 Å². The van der Waals surface area contributed by atoms with E-state index in [9.17, 15) is 18.8 Å². The van der Waals surface area contributed by atoms with Gasteiger partial charge in [0.2, 0.25) is 0 Å². The van der Waals surface area contributed by atoms with Gasteiger partial charge in [0.15, 0.2) is 11.9 Å². The van der Waals surface area contributed by atoms with Gasteiger partial charge in [0, 0.05) is 21.5 Å². The zero-order chi connectivity index (χ0) is 20.0.